The van der Waals surface area contributed by atoms with Gasteiger partial charge < -0.3 is 5.73 Å². The number of fused-ring (bicyclic) bond motifs is 1. The minimum atomic E-state index is -3.37. The maximum Gasteiger partial charge on any atom is 0.181 e. The first-order valence-electron chi connectivity index (χ1n) is 5.52. The smallest absolute Gasteiger partial charge is 0.181 e. The van der Waals surface area contributed by atoms with E-state index in [0.717, 1.165) is 4.47 Å². The third-order valence-corrected chi connectivity index (χ3v) is 5.11. The molecule has 4 nitrogen and oxygen atoms in total. The molecular formula is C12H13BrN2O2S. The van der Waals surface area contributed by atoms with Crippen molar-refractivity contribution in [3.05, 3.63) is 28.9 Å². The molecule has 0 aliphatic heterocycles. The van der Waals surface area contributed by atoms with Crippen LogP contribution in [0.2, 0.25) is 0 Å². The molecule has 0 unspecified atom stereocenters. The molecule has 0 aliphatic carbocycles. The highest BCUT2D eigenvalue weighted by Gasteiger charge is 2.20. The number of aromatic nitrogens is 1. The number of hydrogen-bond donors (Lipinski definition) is 1. The van der Waals surface area contributed by atoms with Gasteiger partial charge in [0.2, 0.25) is 0 Å². The molecule has 2 aromatic rings. The minimum absolute atomic E-state index is 0.0861. The summed E-state index contributed by atoms with van der Waals surface area (Å²) in [6.07, 6.45) is 1.96. The van der Waals surface area contributed by atoms with Gasteiger partial charge in [-0.15, -0.1) is 0 Å². The van der Waals surface area contributed by atoms with E-state index in [9.17, 15) is 8.42 Å². The Hall–Kier alpha value is -1.14. The average Bonchev–Trinajstić information content (AvgIpc) is 2.27. The van der Waals surface area contributed by atoms with Crippen molar-refractivity contribution < 1.29 is 8.42 Å². The molecule has 0 saturated carbocycles. The van der Waals surface area contributed by atoms with Gasteiger partial charge in [0.25, 0.3) is 0 Å². The van der Waals surface area contributed by atoms with Gasteiger partial charge in [0.05, 0.1) is 23.2 Å². The van der Waals surface area contributed by atoms with Gasteiger partial charge in [-0.2, -0.15) is 0 Å². The molecule has 0 fully saturated rings. The topological polar surface area (TPSA) is 73.0 Å². The number of rotatable bonds is 3. The Bertz CT molecular complexity index is 693. The average molecular weight is 329 g/mol. The number of anilines is 1. The molecule has 2 N–H and O–H groups in total. The molecule has 1 heterocycles. The fourth-order valence-electron chi connectivity index (χ4n) is 1.87. The summed E-state index contributed by atoms with van der Waals surface area (Å²) < 4.78 is 25.3. The molecule has 0 atom stereocenters. The lowest BCUT2D eigenvalue weighted by atomic mass is 10.2. The van der Waals surface area contributed by atoms with E-state index in [1.165, 1.54) is 6.20 Å². The van der Waals surface area contributed by atoms with Crippen molar-refractivity contribution in [2.45, 2.75) is 18.2 Å². The van der Waals surface area contributed by atoms with E-state index in [1.807, 2.05) is 13.0 Å². The lowest BCUT2D eigenvalue weighted by Gasteiger charge is -2.10. The van der Waals surface area contributed by atoms with E-state index < -0.39 is 9.84 Å². The molecule has 18 heavy (non-hydrogen) atoms. The maximum atomic E-state index is 12.3. The van der Waals surface area contributed by atoms with Crippen LogP contribution in [0, 0.1) is 0 Å². The van der Waals surface area contributed by atoms with Crippen LogP contribution in [0.25, 0.3) is 10.9 Å². The van der Waals surface area contributed by atoms with Crippen molar-refractivity contribution in [2.75, 3.05) is 11.5 Å². The van der Waals surface area contributed by atoms with Gasteiger partial charge in [-0.3, -0.25) is 4.98 Å². The number of nitrogen functional groups attached to an aromatic ring is 1. The second-order valence-corrected chi connectivity index (χ2v) is 6.98. The van der Waals surface area contributed by atoms with Crippen LogP contribution in [-0.4, -0.2) is 19.2 Å². The van der Waals surface area contributed by atoms with Crippen LogP contribution in [0.15, 0.2) is 33.8 Å². The molecule has 6 heteroatoms. The Morgan fingerprint density at radius 2 is 2.11 bits per heavy atom. The third kappa shape index (κ3) is 2.35. The normalized spacial score (nSPS) is 11.9. The molecule has 1 aromatic heterocycles. The Morgan fingerprint density at radius 1 is 1.39 bits per heavy atom. The van der Waals surface area contributed by atoms with Gasteiger partial charge >= 0.3 is 0 Å². The molecule has 0 bridgehead atoms. The summed E-state index contributed by atoms with van der Waals surface area (Å²) in [5.41, 5.74) is 6.63. The van der Waals surface area contributed by atoms with Gasteiger partial charge in [0.1, 0.15) is 4.90 Å². The monoisotopic (exact) mass is 328 g/mol. The summed E-state index contributed by atoms with van der Waals surface area (Å²) in [4.78, 5) is 4.34. The second kappa shape index (κ2) is 4.85. The van der Waals surface area contributed by atoms with Crippen LogP contribution in [0.3, 0.4) is 0 Å². The zero-order valence-corrected chi connectivity index (χ0v) is 12.3. The molecule has 2 rings (SSSR count). The van der Waals surface area contributed by atoms with E-state index >= 15 is 0 Å². The zero-order valence-electron chi connectivity index (χ0n) is 9.85. The van der Waals surface area contributed by atoms with Crippen molar-refractivity contribution in [1.82, 2.24) is 4.98 Å². The highest BCUT2D eigenvalue weighted by molar-refractivity contribution is 9.10. The SMILES string of the molecule is CCCS(=O)(=O)c1c(N)cnc2ccc(Br)cc12. The van der Waals surface area contributed by atoms with E-state index in [-0.39, 0.29) is 16.3 Å². The number of halogens is 1. The highest BCUT2D eigenvalue weighted by atomic mass is 79.9. The molecule has 0 radical (unpaired) electrons. The summed E-state index contributed by atoms with van der Waals surface area (Å²) in [7, 11) is -3.37. The number of sulfone groups is 1. The predicted octanol–water partition coefficient (Wildman–Crippen LogP) is 2.76. The molecule has 0 amide bonds. The van der Waals surface area contributed by atoms with Crippen LogP contribution in [0.5, 0.6) is 0 Å². The second-order valence-electron chi connectivity index (χ2n) is 4.02. The summed E-state index contributed by atoms with van der Waals surface area (Å²) in [6.45, 7) is 1.83. The van der Waals surface area contributed by atoms with Gasteiger partial charge in [0.15, 0.2) is 9.84 Å². The number of nitrogens with two attached hydrogens (primary N) is 1. The first-order chi connectivity index (χ1) is 8.45. The minimum Gasteiger partial charge on any atom is -0.396 e. The van der Waals surface area contributed by atoms with E-state index in [2.05, 4.69) is 20.9 Å². The fourth-order valence-corrected chi connectivity index (χ4v) is 3.89. The summed E-state index contributed by atoms with van der Waals surface area (Å²) in [6, 6.07) is 5.33. The van der Waals surface area contributed by atoms with Gasteiger partial charge in [-0.05, 0) is 24.6 Å². The van der Waals surface area contributed by atoms with Crippen LogP contribution in [0.1, 0.15) is 13.3 Å². The number of hydrogen-bond acceptors (Lipinski definition) is 4. The molecule has 1 aromatic carbocycles. The Labute approximate surface area is 114 Å². The molecule has 96 valence electrons. The Balaban J connectivity index is 2.84. The number of benzene rings is 1. The Kier molecular flexibility index (Phi) is 3.59. The van der Waals surface area contributed by atoms with Crippen molar-refractivity contribution in [2.24, 2.45) is 0 Å². The molecule has 0 spiro atoms. The summed E-state index contributed by atoms with van der Waals surface area (Å²) in [5, 5.41) is 0.567. The van der Waals surface area contributed by atoms with Crippen molar-refractivity contribution >= 4 is 42.4 Å². The lowest BCUT2D eigenvalue weighted by molar-refractivity contribution is 0.596. The van der Waals surface area contributed by atoms with Crippen LogP contribution >= 0.6 is 15.9 Å². The van der Waals surface area contributed by atoms with E-state index in [4.69, 9.17) is 5.73 Å². The lowest BCUT2D eigenvalue weighted by Crippen LogP contribution is -2.10. The maximum absolute atomic E-state index is 12.3. The summed E-state index contributed by atoms with van der Waals surface area (Å²) >= 11 is 3.33. The first-order valence-corrected chi connectivity index (χ1v) is 7.96. The van der Waals surface area contributed by atoms with Crippen LogP contribution in [-0.2, 0) is 9.84 Å². The zero-order chi connectivity index (χ0) is 13.3. The summed E-state index contributed by atoms with van der Waals surface area (Å²) in [5.74, 6) is 0.0861. The Morgan fingerprint density at radius 3 is 2.78 bits per heavy atom. The largest absolute Gasteiger partial charge is 0.396 e. The number of nitrogens with zero attached hydrogens (tertiary/aromatic N) is 1. The molecule has 0 aliphatic rings. The quantitative estimate of drug-likeness (QED) is 0.940. The van der Waals surface area contributed by atoms with E-state index in [1.54, 1.807) is 12.1 Å². The van der Waals surface area contributed by atoms with Gasteiger partial charge in [-0.1, -0.05) is 22.9 Å². The predicted molar refractivity (Wildman–Crippen MR) is 76.2 cm³/mol. The standard InChI is InChI=1S/C12H13BrN2O2S/c1-2-5-18(16,17)12-9-6-8(13)3-4-11(9)15-7-10(12)14/h3-4,6-7H,2,5,14H2,1H3. The van der Waals surface area contributed by atoms with Crippen molar-refractivity contribution in [3.8, 4) is 0 Å². The number of pyridine rings is 1. The van der Waals surface area contributed by atoms with Crippen LogP contribution in [0.4, 0.5) is 5.69 Å². The van der Waals surface area contributed by atoms with Crippen molar-refractivity contribution in [3.63, 3.8) is 0 Å². The van der Waals surface area contributed by atoms with Gasteiger partial charge in [0, 0.05) is 9.86 Å². The molecular weight excluding hydrogens is 316 g/mol. The fraction of sp³-hybridized carbons (Fsp3) is 0.250. The first kappa shape index (κ1) is 13.3. The van der Waals surface area contributed by atoms with Crippen molar-refractivity contribution in [1.29, 1.82) is 0 Å². The molecule has 0 saturated heterocycles. The van der Waals surface area contributed by atoms with Gasteiger partial charge in [-0.25, -0.2) is 8.42 Å². The van der Waals surface area contributed by atoms with E-state index in [0.29, 0.717) is 17.3 Å². The third-order valence-electron chi connectivity index (χ3n) is 2.59. The van der Waals surface area contributed by atoms with Crippen LogP contribution < -0.4 is 5.73 Å². The highest BCUT2D eigenvalue weighted by Crippen LogP contribution is 2.30.